The van der Waals surface area contributed by atoms with Crippen molar-refractivity contribution in [3.8, 4) is 6.07 Å². The molecule has 0 unspecified atom stereocenters. The first-order valence-electron chi connectivity index (χ1n) is 9.04. The summed E-state index contributed by atoms with van der Waals surface area (Å²) in [4.78, 5) is 15.8. The first kappa shape index (κ1) is 20.6. The summed E-state index contributed by atoms with van der Waals surface area (Å²) in [7, 11) is -3.97. The van der Waals surface area contributed by atoms with E-state index in [0.717, 1.165) is 22.0 Å². The summed E-state index contributed by atoms with van der Waals surface area (Å²) >= 11 is 0. The number of hydrogen-bond donors (Lipinski definition) is 2. The van der Waals surface area contributed by atoms with E-state index in [0.29, 0.717) is 0 Å². The molecule has 0 saturated carbocycles. The second-order valence-electron chi connectivity index (χ2n) is 6.76. The second-order valence-corrected chi connectivity index (χ2v) is 8.48. The van der Waals surface area contributed by atoms with E-state index in [1.165, 1.54) is 19.1 Å². The van der Waals surface area contributed by atoms with Crippen molar-refractivity contribution in [2.45, 2.75) is 37.3 Å². The first-order valence-corrected chi connectivity index (χ1v) is 10.5. The molecule has 29 heavy (non-hydrogen) atoms. The Kier molecular flexibility index (Phi) is 6.01. The van der Waals surface area contributed by atoms with Crippen LogP contribution < -0.4 is 4.72 Å². The maximum absolute atomic E-state index is 12.9. The van der Waals surface area contributed by atoms with Crippen molar-refractivity contribution in [2.75, 3.05) is 0 Å². The van der Waals surface area contributed by atoms with Crippen molar-refractivity contribution < 1.29 is 17.9 Å². The molecule has 0 bridgehead atoms. The largest absolute Gasteiger partial charge is 0.446 e. The molecule has 2 N–H and O–H groups in total. The van der Waals surface area contributed by atoms with E-state index < -0.39 is 28.1 Å². The number of carbonyl (C=O) groups is 1. The molecule has 0 spiro atoms. The smallest absolute Gasteiger partial charge is 0.325 e. The number of ether oxygens (including phenoxy) is 1. The number of carbonyl (C=O) groups excluding carboxylic acids is 1. The number of aryl methyl sites for hydroxylation is 1. The Morgan fingerprint density at radius 1 is 1.24 bits per heavy atom. The van der Waals surface area contributed by atoms with Crippen LogP contribution in [0.25, 0.3) is 10.9 Å². The average molecular weight is 411 g/mol. The van der Waals surface area contributed by atoms with E-state index in [2.05, 4.69) is 9.71 Å². The number of rotatable bonds is 7. The molecule has 2 atom stereocenters. The number of H-pyrrole nitrogens is 1. The van der Waals surface area contributed by atoms with Crippen LogP contribution in [-0.4, -0.2) is 31.5 Å². The number of nitrogens with zero attached hydrogens (tertiary/aromatic N) is 1. The first-order chi connectivity index (χ1) is 13.8. The van der Waals surface area contributed by atoms with Crippen LogP contribution in [-0.2, 0) is 26.0 Å². The monoisotopic (exact) mass is 411 g/mol. The van der Waals surface area contributed by atoms with E-state index in [1.54, 1.807) is 25.3 Å². The van der Waals surface area contributed by atoms with E-state index in [1.807, 2.05) is 30.3 Å². The molecule has 2 aromatic carbocycles. The number of nitrogens with one attached hydrogen (secondary N) is 2. The number of hydrogen-bond acceptors (Lipinski definition) is 5. The van der Waals surface area contributed by atoms with Crippen molar-refractivity contribution in [2.24, 2.45) is 0 Å². The third kappa shape index (κ3) is 4.83. The molecular weight excluding hydrogens is 390 g/mol. The molecule has 0 amide bonds. The summed E-state index contributed by atoms with van der Waals surface area (Å²) in [6.45, 7) is 3.21. The van der Waals surface area contributed by atoms with Crippen LogP contribution >= 0.6 is 0 Å². The average Bonchev–Trinajstić information content (AvgIpc) is 3.10. The molecule has 1 aromatic heterocycles. The third-order valence-corrected chi connectivity index (χ3v) is 5.92. The van der Waals surface area contributed by atoms with Crippen molar-refractivity contribution >= 4 is 26.9 Å². The highest BCUT2D eigenvalue weighted by Crippen LogP contribution is 2.20. The van der Waals surface area contributed by atoms with Gasteiger partial charge in [0.25, 0.3) is 0 Å². The summed E-state index contributed by atoms with van der Waals surface area (Å²) in [5.74, 6) is -0.805. The van der Waals surface area contributed by atoms with E-state index in [9.17, 15) is 13.2 Å². The lowest BCUT2D eigenvalue weighted by Crippen LogP contribution is -2.44. The highest BCUT2D eigenvalue weighted by molar-refractivity contribution is 7.89. The number of aromatic amines is 1. The zero-order chi connectivity index (χ0) is 21.0. The highest BCUT2D eigenvalue weighted by atomic mass is 32.2. The fraction of sp³-hybridized carbons (Fsp3) is 0.238. The van der Waals surface area contributed by atoms with Gasteiger partial charge in [-0.2, -0.15) is 9.98 Å². The van der Waals surface area contributed by atoms with Crippen LogP contribution in [0, 0.1) is 18.3 Å². The molecule has 0 aliphatic rings. The minimum Gasteiger partial charge on any atom is -0.446 e. The van der Waals surface area contributed by atoms with Gasteiger partial charge in [0.2, 0.25) is 10.0 Å². The van der Waals surface area contributed by atoms with Gasteiger partial charge < -0.3 is 9.72 Å². The molecule has 150 valence electrons. The van der Waals surface area contributed by atoms with Gasteiger partial charge in [-0.3, -0.25) is 4.79 Å². The Morgan fingerprint density at radius 3 is 2.72 bits per heavy atom. The molecular formula is C21H21N3O4S. The minimum atomic E-state index is -3.97. The third-order valence-electron chi connectivity index (χ3n) is 4.46. The molecule has 0 aliphatic carbocycles. The standard InChI is InChI=1S/C21H21N3O4S/c1-14-6-5-7-17(10-14)29(26,27)24-20(21(25)28-15(2)12-22)11-16-13-23-19-9-4-3-8-18(16)19/h3-10,13,15,20,23-24H,11H2,1-2H3/t15-,20+/m1/s1. The second kappa shape index (κ2) is 8.47. The normalized spacial score (nSPS) is 13.6. The number of esters is 1. The lowest BCUT2D eigenvalue weighted by molar-refractivity contribution is -0.147. The van der Waals surface area contributed by atoms with Gasteiger partial charge in [0.05, 0.1) is 4.90 Å². The van der Waals surface area contributed by atoms with Crippen LogP contribution in [0.3, 0.4) is 0 Å². The fourth-order valence-corrected chi connectivity index (χ4v) is 4.30. The summed E-state index contributed by atoms with van der Waals surface area (Å²) in [6.07, 6.45) is 0.822. The predicted molar refractivity (Wildman–Crippen MR) is 108 cm³/mol. The van der Waals surface area contributed by atoms with Crippen LogP contribution in [0.1, 0.15) is 18.1 Å². The van der Waals surface area contributed by atoms with Gasteiger partial charge >= 0.3 is 5.97 Å². The Bertz CT molecular complexity index is 1180. The van der Waals surface area contributed by atoms with Gasteiger partial charge in [-0.05, 0) is 43.2 Å². The van der Waals surface area contributed by atoms with Crippen LogP contribution in [0.15, 0.2) is 59.6 Å². The lowest BCUT2D eigenvalue weighted by Gasteiger charge is -2.18. The molecule has 3 rings (SSSR count). The molecule has 7 nitrogen and oxygen atoms in total. The van der Waals surface area contributed by atoms with Crippen LogP contribution in [0.5, 0.6) is 0 Å². The van der Waals surface area contributed by atoms with Crippen LogP contribution in [0.4, 0.5) is 0 Å². The quantitative estimate of drug-likeness (QED) is 0.581. The van der Waals surface area contributed by atoms with Gasteiger partial charge in [0.15, 0.2) is 6.10 Å². The lowest BCUT2D eigenvalue weighted by atomic mass is 10.1. The van der Waals surface area contributed by atoms with Crippen molar-refractivity contribution in [3.05, 3.63) is 65.9 Å². The Labute approximate surface area is 169 Å². The number of aromatic nitrogens is 1. The molecule has 0 saturated heterocycles. The maximum atomic E-state index is 12.9. The minimum absolute atomic E-state index is 0.0579. The van der Waals surface area contributed by atoms with E-state index in [4.69, 9.17) is 10.00 Å². The van der Waals surface area contributed by atoms with Crippen molar-refractivity contribution in [3.63, 3.8) is 0 Å². The van der Waals surface area contributed by atoms with Gasteiger partial charge in [0, 0.05) is 23.5 Å². The molecule has 3 aromatic rings. The van der Waals surface area contributed by atoms with Gasteiger partial charge in [-0.1, -0.05) is 30.3 Å². The predicted octanol–water partition coefficient (Wildman–Crippen LogP) is 2.82. The van der Waals surface area contributed by atoms with Gasteiger partial charge in [-0.15, -0.1) is 0 Å². The number of nitriles is 1. The topological polar surface area (TPSA) is 112 Å². The molecule has 8 heteroatoms. The number of sulfonamides is 1. The zero-order valence-corrected chi connectivity index (χ0v) is 16.9. The molecule has 0 fully saturated rings. The SMILES string of the molecule is Cc1cccc(S(=O)(=O)N[C@@H](Cc2c[nH]c3ccccc23)C(=O)O[C@H](C)C#N)c1. The number of benzene rings is 2. The van der Waals surface area contributed by atoms with Crippen molar-refractivity contribution in [1.82, 2.24) is 9.71 Å². The Hall–Kier alpha value is -3.15. The van der Waals surface area contributed by atoms with Gasteiger partial charge in [-0.25, -0.2) is 8.42 Å². The molecule has 1 heterocycles. The van der Waals surface area contributed by atoms with Crippen molar-refractivity contribution in [1.29, 1.82) is 5.26 Å². The summed E-state index contributed by atoms with van der Waals surface area (Å²) < 4.78 is 33.2. The van der Waals surface area contributed by atoms with Gasteiger partial charge in [0.1, 0.15) is 12.1 Å². The van der Waals surface area contributed by atoms with Crippen LogP contribution in [0.2, 0.25) is 0 Å². The Balaban J connectivity index is 1.92. The maximum Gasteiger partial charge on any atom is 0.325 e. The highest BCUT2D eigenvalue weighted by Gasteiger charge is 2.29. The summed E-state index contributed by atoms with van der Waals surface area (Å²) in [5, 5.41) is 9.82. The summed E-state index contributed by atoms with van der Waals surface area (Å²) in [5.41, 5.74) is 2.42. The van der Waals surface area contributed by atoms with E-state index >= 15 is 0 Å². The number of para-hydroxylation sites is 1. The molecule has 0 aliphatic heterocycles. The Morgan fingerprint density at radius 2 is 2.00 bits per heavy atom. The summed E-state index contributed by atoms with van der Waals surface area (Å²) in [6, 6.07) is 14.5. The number of fused-ring (bicyclic) bond motifs is 1. The fourth-order valence-electron chi connectivity index (χ4n) is 3.01. The van der Waals surface area contributed by atoms with E-state index in [-0.39, 0.29) is 11.3 Å². The molecule has 0 radical (unpaired) electrons. The zero-order valence-electron chi connectivity index (χ0n) is 16.0.